The van der Waals surface area contributed by atoms with Gasteiger partial charge in [-0.15, -0.1) is 11.3 Å². The molecular weight excluding hydrogens is 492 g/mol. The molecule has 0 bridgehead atoms. The third-order valence-electron chi connectivity index (χ3n) is 6.67. The lowest BCUT2D eigenvalue weighted by molar-refractivity contribution is -0.122. The van der Waals surface area contributed by atoms with Crippen molar-refractivity contribution in [1.82, 2.24) is 9.88 Å². The Morgan fingerprint density at radius 3 is 2.58 bits per heavy atom. The first kappa shape index (κ1) is 24.0. The van der Waals surface area contributed by atoms with Crippen LogP contribution in [0.5, 0.6) is 5.75 Å². The fourth-order valence-electron chi connectivity index (χ4n) is 4.85. The molecule has 0 radical (unpaired) electrons. The van der Waals surface area contributed by atoms with Crippen molar-refractivity contribution in [2.75, 3.05) is 12.0 Å². The van der Waals surface area contributed by atoms with E-state index in [1.165, 1.54) is 15.3 Å². The normalized spacial score (nSPS) is 16.7. The minimum atomic E-state index is -0.538. The number of hydrogen-bond acceptors (Lipinski definition) is 6. The second kappa shape index (κ2) is 9.37. The molecule has 1 N–H and O–H groups in total. The van der Waals surface area contributed by atoms with E-state index in [1.807, 2.05) is 19.9 Å². The van der Waals surface area contributed by atoms with Crippen LogP contribution in [-0.2, 0) is 22.4 Å². The summed E-state index contributed by atoms with van der Waals surface area (Å²) in [5.41, 5.74) is 4.96. The summed E-state index contributed by atoms with van der Waals surface area (Å²) < 4.78 is 7.26. The van der Waals surface area contributed by atoms with Gasteiger partial charge < -0.3 is 9.30 Å². The molecule has 1 aliphatic heterocycles. The highest BCUT2D eigenvalue weighted by atomic mass is 32.1. The summed E-state index contributed by atoms with van der Waals surface area (Å²) in [7, 11) is 1.56. The summed E-state index contributed by atoms with van der Waals surface area (Å²) >= 11 is 6.98. The first-order valence-corrected chi connectivity index (χ1v) is 12.9. The number of carbonyl (C=O) groups is 2. The van der Waals surface area contributed by atoms with Gasteiger partial charge >= 0.3 is 0 Å². The summed E-state index contributed by atoms with van der Waals surface area (Å²) in [6, 6.07) is 11.2. The third-order valence-corrected chi connectivity index (χ3v) is 8.23. The molecule has 2 aliphatic rings. The van der Waals surface area contributed by atoms with Crippen LogP contribution in [0, 0.1) is 25.2 Å². The average molecular weight is 517 g/mol. The molecule has 1 aliphatic carbocycles. The average Bonchev–Trinajstić information content (AvgIpc) is 3.37. The van der Waals surface area contributed by atoms with E-state index < -0.39 is 11.8 Å². The number of amides is 2. The number of nitriles is 1. The minimum absolute atomic E-state index is 0.00866. The number of methoxy groups -OCH3 is 1. The number of ether oxygens (including phenoxy) is 1. The van der Waals surface area contributed by atoms with Crippen molar-refractivity contribution in [2.45, 2.75) is 39.5 Å². The number of thiophene rings is 1. The number of nitrogens with zero attached hydrogens (tertiary/aromatic N) is 3. The predicted octanol–water partition coefficient (Wildman–Crippen LogP) is 4.75. The van der Waals surface area contributed by atoms with Crippen LogP contribution in [0.25, 0.3) is 11.1 Å². The molecule has 2 amide bonds. The summed E-state index contributed by atoms with van der Waals surface area (Å²) in [4.78, 5) is 28.9. The van der Waals surface area contributed by atoms with Gasteiger partial charge in [0.2, 0.25) is 0 Å². The van der Waals surface area contributed by atoms with Crippen molar-refractivity contribution >= 4 is 52.2 Å². The van der Waals surface area contributed by atoms with Crippen LogP contribution in [0.15, 0.2) is 35.9 Å². The predicted molar refractivity (Wildman–Crippen MR) is 144 cm³/mol. The molecule has 0 atom stereocenters. The number of aryl methyl sites for hydroxylation is 2. The molecule has 36 heavy (non-hydrogen) atoms. The van der Waals surface area contributed by atoms with Gasteiger partial charge in [0.25, 0.3) is 11.8 Å². The van der Waals surface area contributed by atoms with Crippen LogP contribution < -0.4 is 15.0 Å². The molecule has 3 aromatic rings. The second-order valence-electron chi connectivity index (χ2n) is 8.82. The highest BCUT2D eigenvalue weighted by molar-refractivity contribution is 7.80. The highest BCUT2D eigenvalue weighted by Gasteiger charge is 2.35. The molecule has 5 rings (SSSR count). The molecule has 0 saturated carbocycles. The number of anilines is 1. The van der Waals surface area contributed by atoms with Gasteiger partial charge in [-0.25, -0.2) is 0 Å². The van der Waals surface area contributed by atoms with Crippen LogP contribution in [-0.4, -0.2) is 28.6 Å². The molecule has 3 heterocycles. The van der Waals surface area contributed by atoms with E-state index in [4.69, 9.17) is 17.0 Å². The number of fused-ring (bicyclic) bond motifs is 1. The van der Waals surface area contributed by atoms with Crippen LogP contribution in [0.3, 0.4) is 0 Å². The molecule has 9 heteroatoms. The Bertz CT molecular complexity index is 1490. The lowest BCUT2D eigenvalue weighted by Gasteiger charge is -2.29. The number of carbonyl (C=O) groups excluding carboxylic acids is 2. The van der Waals surface area contributed by atoms with Gasteiger partial charge in [0.05, 0.1) is 18.4 Å². The van der Waals surface area contributed by atoms with E-state index in [0.717, 1.165) is 53.2 Å². The maximum Gasteiger partial charge on any atom is 0.270 e. The van der Waals surface area contributed by atoms with Crippen molar-refractivity contribution in [3.8, 4) is 16.8 Å². The Morgan fingerprint density at radius 1 is 1.17 bits per heavy atom. The molecule has 1 saturated heterocycles. The van der Waals surface area contributed by atoms with Gasteiger partial charge in [0.15, 0.2) is 5.11 Å². The number of thiocarbonyl (C=S) groups is 1. The van der Waals surface area contributed by atoms with Gasteiger partial charge in [-0.3, -0.25) is 19.8 Å². The fraction of sp³-hybridized carbons (Fsp3) is 0.259. The number of nitrogens with one attached hydrogen (secondary N) is 1. The maximum absolute atomic E-state index is 13.4. The summed E-state index contributed by atoms with van der Waals surface area (Å²) in [5, 5.41) is 13.5. The van der Waals surface area contributed by atoms with E-state index in [1.54, 1.807) is 48.8 Å². The molecular formula is C27H24N4O3S2. The molecule has 1 fully saturated rings. The molecule has 1 aromatic carbocycles. The van der Waals surface area contributed by atoms with Gasteiger partial charge in [-0.05, 0) is 99.3 Å². The van der Waals surface area contributed by atoms with E-state index >= 15 is 0 Å². The van der Waals surface area contributed by atoms with E-state index in [-0.39, 0.29) is 10.7 Å². The van der Waals surface area contributed by atoms with Gasteiger partial charge in [-0.1, -0.05) is 0 Å². The smallest absolute Gasteiger partial charge is 0.270 e. The number of aromatic nitrogens is 1. The topological polar surface area (TPSA) is 87.4 Å². The number of rotatable bonds is 4. The maximum atomic E-state index is 13.4. The zero-order valence-corrected chi connectivity index (χ0v) is 21.8. The Kier molecular flexibility index (Phi) is 6.24. The Hall–Kier alpha value is -3.74. The van der Waals surface area contributed by atoms with Gasteiger partial charge in [0.1, 0.15) is 22.4 Å². The molecule has 182 valence electrons. The SMILES string of the molecule is COc1ccc(N2C(=O)/C(=C\c3cc(C)n(-c4sc5c(c4C#N)CCCC5)c3C)C(=O)NC2=S)cc1. The van der Waals surface area contributed by atoms with Crippen molar-refractivity contribution in [1.29, 1.82) is 5.26 Å². The number of hydrogen-bond donors (Lipinski definition) is 1. The zero-order chi connectivity index (χ0) is 25.6. The Labute approximate surface area is 218 Å². The Balaban J connectivity index is 1.55. The third kappa shape index (κ3) is 3.92. The monoisotopic (exact) mass is 516 g/mol. The van der Waals surface area contributed by atoms with Crippen molar-refractivity contribution < 1.29 is 14.3 Å². The fourth-order valence-corrected chi connectivity index (χ4v) is 6.58. The minimum Gasteiger partial charge on any atom is -0.497 e. The van der Waals surface area contributed by atoms with E-state index in [2.05, 4.69) is 16.0 Å². The molecule has 2 aromatic heterocycles. The van der Waals surface area contributed by atoms with Crippen molar-refractivity contribution in [3.05, 3.63) is 68.9 Å². The lowest BCUT2D eigenvalue weighted by atomic mass is 9.96. The largest absolute Gasteiger partial charge is 0.497 e. The lowest BCUT2D eigenvalue weighted by Crippen LogP contribution is -2.54. The second-order valence-corrected chi connectivity index (χ2v) is 10.3. The molecule has 7 nitrogen and oxygen atoms in total. The van der Waals surface area contributed by atoms with Crippen molar-refractivity contribution in [3.63, 3.8) is 0 Å². The van der Waals surface area contributed by atoms with Crippen LogP contribution in [0.4, 0.5) is 5.69 Å². The molecule has 0 spiro atoms. The van der Waals surface area contributed by atoms with Crippen LogP contribution in [0.2, 0.25) is 0 Å². The van der Waals surface area contributed by atoms with Gasteiger partial charge in [-0.2, -0.15) is 5.26 Å². The summed E-state index contributed by atoms with van der Waals surface area (Å²) in [5.74, 6) is -0.389. The Morgan fingerprint density at radius 2 is 1.89 bits per heavy atom. The van der Waals surface area contributed by atoms with E-state index in [9.17, 15) is 14.9 Å². The highest BCUT2D eigenvalue weighted by Crippen LogP contribution is 2.38. The number of benzene rings is 1. The van der Waals surface area contributed by atoms with Gasteiger partial charge in [0, 0.05) is 16.3 Å². The van der Waals surface area contributed by atoms with Crippen LogP contribution in [0.1, 0.15) is 45.8 Å². The molecule has 0 unspecified atom stereocenters. The quantitative estimate of drug-likeness (QED) is 0.307. The first-order chi connectivity index (χ1) is 17.3. The summed E-state index contributed by atoms with van der Waals surface area (Å²) in [6.45, 7) is 3.91. The van der Waals surface area contributed by atoms with E-state index in [0.29, 0.717) is 11.4 Å². The van der Waals surface area contributed by atoms with Crippen molar-refractivity contribution in [2.24, 2.45) is 0 Å². The first-order valence-electron chi connectivity index (χ1n) is 11.6. The standard InChI is InChI=1S/C27H24N4O3S2/c1-15-12-17(16(2)30(15)26-22(14-28)20-6-4-5-7-23(20)36-26)13-21-24(32)29-27(35)31(25(21)33)18-8-10-19(34-3)11-9-18/h8-13H,4-7H2,1-3H3,(H,29,32,35)/b21-13-. The van der Waals surface area contributed by atoms with Crippen LogP contribution >= 0.6 is 23.6 Å². The summed E-state index contributed by atoms with van der Waals surface area (Å²) in [6.07, 6.45) is 5.78. The zero-order valence-electron chi connectivity index (χ0n) is 20.2.